The molecule has 134 valence electrons. The summed E-state index contributed by atoms with van der Waals surface area (Å²) in [6.07, 6.45) is 1.52. The normalized spacial score (nSPS) is 15.8. The molecule has 8 heteroatoms. The number of nitrogens with one attached hydrogen (secondary N) is 2. The standard InChI is InChI=1S/C17H20N2O6/c1-5-14(20)19-10-6-7-13(23-4)12(8-10)18-9-11-15(21)24-17(2,3)25-16(11)22/h6-9,18H,5H2,1-4H3,(H,19,20). The second kappa shape index (κ2) is 7.25. The number of hydrogen-bond donors (Lipinski definition) is 2. The number of hydrogen-bond acceptors (Lipinski definition) is 7. The van der Waals surface area contributed by atoms with Gasteiger partial charge in [0, 0.05) is 32.2 Å². The first kappa shape index (κ1) is 18.3. The molecule has 0 aliphatic carbocycles. The van der Waals surface area contributed by atoms with E-state index in [0.717, 1.165) is 0 Å². The monoisotopic (exact) mass is 348 g/mol. The van der Waals surface area contributed by atoms with Gasteiger partial charge >= 0.3 is 11.9 Å². The minimum atomic E-state index is -1.30. The number of ether oxygens (including phenoxy) is 3. The molecule has 0 bridgehead atoms. The molecule has 0 spiro atoms. The van der Waals surface area contributed by atoms with Gasteiger partial charge in [0.1, 0.15) is 5.75 Å². The van der Waals surface area contributed by atoms with E-state index in [0.29, 0.717) is 23.5 Å². The quantitative estimate of drug-likeness (QED) is 0.477. The topological polar surface area (TPSA) is 103 Å². The maximum Gasteiger partial charge on any atom is 0.350 e. The first-order chi connectivity index (χ1) is 11.8. The van der Waals surface area contributed by atoms with E-state index in [9.17, 15) is 14.4 Å². The second-order valence-electron chi connectivity index (χ2n) is 5.70. The van der Waals surface area contributed by atoms with Gasteiger partial charge in [-0.05, 0) is 18.2 Å². The molecule has 0 aromatic heterocycles. The highest BCUT2D eigenvalue weighted by Gasteiger charge is 2.38. The van der Waals surface area contributed by atoms with Crippen LogP contribution in [-0.2, 0) is 23.9 Å². The van der Waals surface area contributed by atoms with Crippen LogP contribution in [0.1, 0.15) is 27.2 Å². The number of esters is 2. The fourth-order valence-corrected chi connectivity index (χ4v) is 2.08. The molecule has 1 heterocycles. The lowest BCUT2D eigenvalue weighted by Gasteiger charge is -2.29. The van der Waals surface area contributed by atoms with Crippen molar-refractivity contribution >= 4 is 29.2 Å². The Morgan fingerprint density at radius 3 is 2.44 bits per heavy atom. The Bertz CT molecular complexity index is 717. The maximum atomic E-state index is 11.9. The van der Waals surface area contributed by atoms with Crippen molar-refractivity contribution in [2.24, 2.45) is 0 Å². The molecule has 2 rings (SSSR count). The lowest BCUT2D eigenvalue weighted by molar-refractivity contribution is -0.222. The molecule has 0 saturated carbocycles. The van der Waals surface area contributed by atoms with Gasteiger partial charge in [0.15, 0.2) is 5.57 Å². The Labute approximate surface area is 145 Å². The van der Waals surface area contributed by atoms with Gasteiger partial charge in [-0.25, -0.2) is 9.59 Å². The highest BCUT2D eigenvalue weighted by Crippen LogP contribution is 2.29. The third kappa shape index (κ3) is 4.50. The van der Waals surface area contributed by atoms with Crippen LogP contribution in [0.5, 0.6) is 5.75 Å². The Morgan fingerprint density at radius 2 is 1.88 bits per heavy atom. The highest BCUT2D eigenvalue weighted by atomic mass is 16.7. The van der Waals surface area contributed by atoms with Gasteiger partial charge in [-0.3, -0.25) is 4.79 Å². The van der Waals surface area contributed by atoms with Crippen LogP contribution >= 0.6 is 0 Å². The van der Waals surface area contributed by atoms with Crippen molar-refractivity contribution in [3.8, 4) is 5.75 Å². The summed E-state index contributed by atoms with van der Waals surface area (Å²) in [6.45, 7) is 4.68. The predicted octanol–water partition coefficient (Wildman–Crippen LogP) is 2.18. The highest BCUT2D eigenvalue weighted by molar-refractivity contribution is 6.15. The van der Waals surface area contributed by atoms with E-state index >= 15 is 0 Å². The molecule has 1 saturated heterocycles. The van der Waals surface area contributed by atoms with Crippen molar-refractivity contribution in [3.05, 3.63) is 30.0 Å². The number of carbonyl (C=O) groups is 3. The minimum absolute atomic E-state index is 0.142. The van der Waals surface area contributed by atoms with Crippen molar-refractivity contribution in [1.82, 2.24) is 0 Å². The summed E-state index contributed by atoms with van der Waals surface area (Å²) in [6, 6.07) is 4.94. The molecule has 1 aliphatic rings. The van der Waals surface area contributed by atoms with Crippen molar-refractivity contribution in [3.63, 3.8) is 0 Å². The van der Waals surface area contributed by atoms with Crippen LogP contribution in [-0.4, -0.2) is 30.7 Å². The van der Waals surface area contributed by atoms with E-state index in [1.165, 1.54) is 27.2 Å². The lowest BCUT2D eigenvalue weighted by atomic mass is 10.2. The SMILES string of the molecule is CCC(=O)Nc1ccc(OC)c(NC=C2C(=O)OC(C)(C)OC2=O)c1. The molecular weight excluding hydrogens is 328 g/mol. The largest absolute Gasteiger partial charge is 0.495 e. The zero-order valence-corrected chi connectivity index (χ0v) is 14.5. The summed E-state index contributed by atoms with van der Waals surface area (Å²) < 4.78 is 15.2. The van der Waals surface area contributed by atoms with E-state index in [1.807, 2.05) is 0 Å². The van der Waals surface area contributed by atoms with Gasteiger partial charge in [0.2, 0.25) is 5.91 Å². The summed E-state index contributed by atoms with van der Waals surface area (Å²) in [4.78, 5) is 35.4. The fraction of sp³-hybridized carbons (Fsp3) is 0.353. The molecule has 1 amide bonds. The molecule has 2 N–H and O–H groups in total. The second-order valence-corrected chi connectivity index (χ2v) is 5.70. The number of cyclic esters (lactones) is 2. The van der Waals surface area contributed by atoms with Crippen LogP contribution < -0.4 is 15.4 Å². The van der Waals surface area contributed by atoms with Crippen LogP contribution in [0.3, 0.4) is 0 Å². The van der Waals surface area contributed by atoms with E-state index in [4.69, 9.17) is 14.2 Å². The Balaban J connectivity index is 2.23. The third-order valence-corrected chi connectivity index (χ3v) is 3.29. The summed E-state index contributed by atoms with van der Waals surface area (Å²) in [5, 5.41) is 5.52. The number of carbonyl (C=O) groups excluding carboxylic acids is 3. The van der Waals surface area contributed by atoms with Gasteiger partial charge < -0.3 is 24.8 Å². The Hall–Kier alpha value is -3.03. The molecule has 1 aromatic carbocycles. The van der Waals surface area contributed by atoms with Crippen molar-refractivity contribution in [1.29, 1.82) is 0 Å². The summed E-state index contributed by atoms with van der Waals surface area (Å²) in [5.41, 5.74) is 0.724. The summed E-state index contributed by atoms with van der Waals surface area (Å²) >= 11 is 0. The first-order valence-electron chi connectivity index (χ1n) is 7.67. The number of benzene rings is 1. The number of methoxy groups -OCH3 is 1. The predicted molar refractivity (Wildman–Crippen MR) is 89.9 cm³/mol. The van der Waals surface area contributed by atoms with E-state index in [-0.39, 0.29) is 11.5 Å². The smallest absolute Gasteiger partial charge is 0.350 e. The van der Waals surface area contributed by atoms with Gasteiger partial charge in [0.25, 0.3) is 5.79 Å². The van der Waals surface area contributed by atoms with Crippen molar-refractivity contribution in [2.45, 2.75) is 33.0 Å². The molecule has 0 radical (unpaired) electrons. The van der Waals surface area contributed by atoms with Gasteiger partial charge in [-0.15, -0.1) is 0 Å². The summed E-state index contributed by atoms with van der Waals surface area (Å²) in [7, 11) is 1.48. The van der Waals surface area contributed by atoms with E-state index < -0.39 is 17.7 Å². The average molecular weight is 348 g/mol. The van der Waals surface area contributed by atoms with Crippen LogP contribution in [0, 0.1) is 0 Å². The van der Waals surface area contributed by atoms with Crippen LogP contribution in [0.2, 0.25) is 0 Å². The average Bonchev–Trinajstić information content (AvgIpc) is 2.53. The summed E-state index contributed by atoms with van der Waals surface area (Å²) in [5.74, 6) is -2.56. The molecule has 1 aliphatic heterocycles. The maximum absolute atomic E-state index is 11.9. The number of amides is 1. The molecular formula is C17H20N2O6. The first-order valence-corrected chi connectivity index (χ1v) is 7.67. The van der Waals surface area contributed by atoms with Gasteiger partial charge in [-0.1, -0.05) is 6.92 Å². The van der Waals surface area contributed by atoms with E-state index in [1.54, 1.807) is 25.1 Å². The molecule has 0 atom stereocenters. The van der Waals surface area contributed by atoms with Crippen LogP contribution in [0.4, 0.5) is 11.4 Å². The van der Waals surface area contributed by atoms with Gasteiger partial charge in [-0.2, -0.15) is 0 Å². The zero-order valence-electron chi connectivity index (χ0n) is 14.5. The molecule has 1 aromatic rings. The van der Waals surface area contributed by atoms with E-state index in [2.05, 4.69) is 10.6 Å². The molecule has 25 heavy (non-hydrogen) atoms. The Kier molecular flexibility index (Phi) is 5.31. The third-order valence-electron chi connectivity index (χ3n) is 3.29. The van der Waals surface area contributed by atoms with Crippen LogP contribution in [0.15, 0.2) is 30.0 Å². The Morgan fingerprint density at radius 1 is 1.24 bits per heavy atom. The molecule has 0 unspecified atom stereocenters. The zero-order chi connectivity index (χ0) is 18.6. The van der Waals surface area contributed by atoms with Gasteiger partial charge in [0.05, 0.1) is 12.8 Å². The van der Waals surface area contributed by atoms with Crippen molar-refractivity contribution in [2.75, 3.05) is 17.7 Å². The number of anilines is 2. The van der Waals surface area contributed by atoms with Crippen molar-refractivity contribution < 1.29 is 28.6 Å². The minimum Gasteiger partial charge on any atom is -0.495 e. The lowest BCUT2D eigenvalue weighted by Crippen LogP contribution is -2.42. The molecule has 1 fully saturated rings. The van der Waals surface area contributed by atoms with Crippen LogP contribution in [0.25, 0.3) is 0 Å². The molecule has 8 nitrogen and oxygen atoms in total. The fourth-order valence-electron chi connectivity index (χ4n) is 2.08. The number of rotatable bonds is 5.